The van der Waals surface area contributed by atoms with Gasteiger partial charge in [-0.05, 0) is 56.2 Å². The number of nitrogens with one attached hydrogen (secondary N) is 2. The molecule has 31 heavy (non-hydrogen) atoms. The molecule has 2 N–H and O–H groups in total. The Morgan fingerprint density at radius 3 is 1.81 bits per heavy atom. The first-order chi connectivity index (χ1) is 14.9. The molecule has 0 heterocycles. The van der Waals surface area contributed by atoms with E-state index in [1.54, 1.807) is 24.3 Å². The van der Waals surface area contributed by atoms with Crippen molar-refractivity contribution in [3.05, 3.63) is 54.1 Å². The second kappa shape index (κ2) is 10.0. The molecule has 0 saturated heterocycles. The Kier molecular flexibility index (Phi) is 7.18. The fourth-order valence-corrected chi connectivity index (χ4v) is 3.94. The van der Waals surface area contributed by atoms with Gasteiger partial charge in [0.25, 0.3) is 0 Å². The van der Waals surface area contributed by atoms with Crippen molar-refractivity contribution >= 4 is 30.1 Å². The van der Waals surface area contributed by atoms with Gasteiger partial charge >= 0.3 is 0 Å². The van der Waals surface area contributed by atoms with Gasteiger partial charge in [-0.25, -0.2) is 0 Å². The maximum Gasteiger partial charge on any atom is 0.228 e. The summed E-state index contributed by atoms with van der Waals surface area (Å²) < 4.78 is 5.78. The van der Waals surface area contributed by atoms with Crippen LogP contribution in [0, 0.1) is 30.6 Å². The molecule has 7 heteroatoms. The van der Waals surface area contributed by atoms with Gasteiger partial charge in [0.1, 0.15) is 24.1 Å². The minimum Gasteiger partial charge on any atom is -0.457 e. The number of benzene rings is 2. The van der Waals surface area contributed by atoms with Crippen LogP contribution >= 0.6 is 0 Å². The minimum atomic E-state index is -0.669. The number of rotatable bonds is 7. The number of carbonyl (C=O) groups is 4. The van der Waals surface area contributed by atoms with Crippen LogP contribution in [0.3, 0.4) is 0 Å². The summed E-state index contributed by atoms with van der Waals surface area (Å²) in [5.74, 6) is -1.78. The maximum atomic E-state index is 12.8. The number of aryl methyl sites for hydroxylation is 1. The zero-order valence-corrected chi connectivity index (χ0v) is 17.5. The number of aldehydes is 2. The van der Waals surface area contributed by atoms with Crippen LogP contribution < -0.4 is 15.4 Å². The van der Waals surface area contributed by atoms with E-state index in [9.17, 15) is 19.2 Å². The molecule has 1 saturated carbocycles. The molecule has 0 aromatic heterocycles. The topological polar surface area (TPSA) is 102 Å². The Morgan fingerprint density at radius 1 is 0.839 bits per heavy atom. The molecule has 3 rings (SSSR count). The lowest BCUT2D eigenvalue weighted by Crippen LogP contribution is -2.44. The number of hydrogen-bond acceptors (Lipinski definition) is 5. The van der Waals surface area contributed by atoms with E-state index < -0.39 is 23.7 Å². The van der Waals surface area contributed by atoms with Crippen molar-refractivity contribution in [2.45, 2.75) is 19.8 Å². The first-order valence-electron chi connectivity index (χ1n) is 10.2. The van der Waals surface area contributed by atoms with Crippen molar-refractivity contribution in [2.75, 3.05) is 12.4 Å². The van der Waals surface area contributed by atoms with Crippen molar-refractivity contribution in [3.8, 4) is 11.5 Å². The molecule has 4 atom stereocenters. The van der Waals surface area contributed by atoms with E-state index >= 15 is 0 Å². The quantitative estimate of drug-likeness (QED) is 0.668. The molecular formula is C24H26N2O5. The third-order valence-corrected chi connectivity index (χ3v) is 5.73. The zero-order valence-electron chi connectivity index (χ0n) is 17.5. The van der Waals surface area contributed by atoms with E-state index in [2.05, 4.69) is 10.6 Å². The second-order valence-electron chi connectivity index (χ2n) is 7.83. The molecule has 1 aliphatic carbocycles. The largest absolute Gasteiger partial charge is 0.457 e. The van der Waals surface area contributed by atoms with Crippen LogP contribution in [0.1, 0.15) is 18.4 Å². The average Bonchev–Trinajstić information content (AvgIpc) is 2.80. The third-order valence-electron chi connectivity index (χ3n) is 5.73. The first kappa shape index (κ1) is 22.2. The van der Waals surface area contributed by atoms with Crippen LogP contribution in [0.4, 0.5) is 5.69 Å². The monoisotopic (exact) mass is 422 g/mol. The summed E-state index contributed by atoms with van der Waals surface area (Å²) in [5.41, 5.74) is 1.70. The van der Waals surface area contributed by atoms with E-state index in [0.29, 0.717) is 29.8 Å². The molecule has 0 aliphatic heterocycles. The molecule has 2 aromatic rings. The van der Waals surface area contributed by atoms with E-state index in [1.165, 1.54) is 7.05 Å². The van der Waals surface area contributed by atoms with Crippen LogP contribution in [0.2, 0.25) is 0 Å². The Bertz CT molecular complexity index is 939. The maximum absolute atomic E-state index is 12.8. The predicted molar refractivity (Wildman–Crippen MR) is 116 cm³/mol. The van der Waals surface area contributed by atoms with Crippen molar-refractivity contribution in [2.24, 2.45) is 23.7 Å². The summed E-state index contributed by atoms with van der Waals surface area (Å²) in [6, 6.07) is 14.6. The molecule has 1 fully saturated rings. The average molecular weight is 422 g/mol. The molecule has 0 radical (unpaired) electrons. The number of ether oxygens (including phenoxy) is 1. The highest BCUT2D eigenvalue weighted by atomic mass is 16.5. The van der Waals surface area contributed by atoms with E-state index in [4.69, 9.17) is 4.74 Å². The zero-order chi connectivity index (χ0) is 22.4. The van der Waals surface area contributed by atoms with Crippen molar-refractivity contribution < 1.29 is 23.9 Å². The molecule has 162 valence electrons. The van der Waals surface area contributed by atoms with Gasteiger partial charge < -0.3 is 25.0 Å². The van der Waals surface area contributed by atoms with Gasteiger partial charge in [0, 0.05) is 36.4 Å². The lowest BCUT2D eigenvalue weighted by molar-refractivity contribution is -0.138. The van der Waals surface area contributed by atoms with E-state index in [0.717, 1.165) is 5.56 Å². The third kappa shape index (κ3) is 5.36. The summed E-state index contributed by atoms with van der Waals surface area (Å²) in [6.45, 7) is 2.00. The molecule has 7 nitrogen and oxygen atoms in total. The van der Waals surface area contributed by atoms with Gasteiger partial charge in [-0.1, -0.05) is 17.7 Å². The van der Waals surface area contributed by atoms with Gasteiger partial charge in [0.05, 0.1) is 0 Å². The van der Waals surface area contributed by atoms with Gasteiger partial charge in [-0.3, -0.25) is 9.59 Å². The van der Waals surface area contributed by atoms with Crippen LogP contribution in [0.15, 0.2) is 48.5 Å². The highest BCUT2D eigenvalue weighted by Gasteiger charge is 2.43. The summed E-state index contributed by atoms with van der Waals surface area (Å²) in [5, 5.41) is 5.33. The van der Waals surface area contributed by atoms with E-state index in [-0.39, 0.29) is 24.7 Å². The van der Waals surface area contributed by atoms with Crippen LogP contribution in [-0.2, 0) is 19.2 Å². The Hall–Kier alpha value is -3.48. The Labute approximate surface area is 181 Å². The number of anilines is 1. The number of amides is 2. The highest BCUT2D eigenvalue weighted by molar-refractivity contribution is 5.95. The summed E-state index contributed by atoms with van der Waals surface area (Å²) >= 11 is 0. The molecule has 2 amide bonds. The van der Waals surface area contributed by atoms with Gasteiger partial charge in [0.15, 0.2) is 0 Å². The van der Waals surface area contributed by atoms with Crippen molar-refractivity contribution in [3.63, 3.8) is 0 Å². The molecule has 1 aliphatic rings. The smallest absolute Gasteiger partial charge is 0.228 e. The summed E-state index contributed by atoms with van der Waals surface area (Å²) in [4.78, 5) is 48.0. The van der Waals surface area contributed by atoms with Crippen LogP contribution in [0.5, 0.6) is 11.5 Å². The highest BCUT2D eigenvalue weighted by Crippen LogP contribution is 2.37. The molecule has 0 bridgehead atoms. The van der Waals surface area contributed by atoms with Gasteiger partial charge in [-0.15, -0.1) is 0 Å². The number of carbonyl (C=O) groups excluding carboxylic acids is 4. The fourth-order valence-electron chi connectivity index (χ4n) is 3.94. The van der Waals surface area contributed by atoms with Crippen LogP contribution in [-0.4, -0.2) is 31.4 Å². The fraction of sp³-hybridized carbons (Fsp3) is 0.333. The normalized spacial score (nSPS) is 22.8. The van der Waals surface area contributed by atoms with Gasteiger partial charge in [0.2, 0.25) is 11.8 Å². The van der Waals surface area contributed by atoms with E-state index in [1.807, 2.05) is 31.2 Å². The predicted octanol–water partition coefficient (Wildman–Crippen LogP) is 3.13. The number of hydrogen-bond donors (Lipinski definition) is 2. The second-order valence-corrected chi connectivity index (χ2v) is 7.83. The molecule has 2 aromatic carbocycles. The SMILES string of the molecule is CNC(=O)C1CC(C=O)C(C(=O)Nc2ccc(Oc3ccc(C)cc3)cc2)CC1C=O. The lowest BCUT2D eigenvalue weighted by atomic mass is 9.68. The summed E-state index contributed by atoms with van der Waals surface area (Å²) in [7, 11) is 1.49. The molecule has 0 spiro atoms. The first-order valence-corrected chi connectivity index (χ1v) is 10.2. The Balaban J connectivity index is 1.65. The molecular weight excluding hydrogens is 396 g/mol. The standard InChI is InChI=1S/C24H26N2O5/c1-15-3-7-19(8-4-15)31-20-9-5-18(6-10-20)26-24(30)22-12-16(13-27)21(23(29)25-2)11-17(22)14-28/h3-10,13-14,16-17,21-22H,11-12H2,1-2H3,(H,25,29)(H,26,30). The Morgan fingerprint density at radius 2 is 1.32 bits per heavy atom. The van der Waals surface area contributed by atoms with Crippen LogP contribution in [0.25, 0.3) is 0 Å². The van der Waals surface area contributed by atoms with Gasteiger partial charge in [-0.2, -0.15) is 0 Å². The van der Waals surface area contributed by atoms with Crippen molar-refractivity contribution in [1.82, 2.24) is 5.32 Å². The lowest BCUT2D eigenvalue weighted by Gasteiger charge is -2.35. The molecule has 4 unspecified atom stereocenters. The van der Waals surface area contributed by atoms with Crippen molar-refractivity contribution in [1.29, 1.82) is 0 Å². The summed E-state index contributed by atoms with van der Waals surface area (Å²) in [6.07, 6.45) is 1.75. The minimum absolute atomic E-state index is 0.158.